The molecule has 3 aromatic rings. The maximum absolute atomic E-state index is 14.3. The summed E-state index contributed by atoms with van der Waals surface area (Å²) in [6, 6.07) is 15.5. The number of nitrogens with zero attached hydrogens (tertiary/aromatic N) is 2. The molecule has 0 bridgehead atoms. The van der Waals surface area contributed by atoms with Crippen molar-refractivity contribution in [3.8, 4) is 0 Å². The average molecular weight is 471 g/mol. The molecular weight excluding hydrogens is 442 g/mol. The average Bonchev–Trinajstić information content (AvgIpc) is 3.22. The number of carbonyl (C=O) groups excluding carboxylic acids is 2. The first-order valence-corrected chi connectivity index (χ1v) is 11.7. The maximum Gasteiger partial charge on any atom is 0.257 e. The van der Waals surface area contributed by atoms with E-state index in [2.05, 4.69) is 0 Å². The molecule has 0 aliphatic heterocycles. The summed E-state index contributed by atoms with van der Waals surface area (Å²) in [6.45, 7) is 6.24. The lowest BCUT2D eigenvalue weighted by Gasteiger charge is -2.31. The molecule has 2 amide bonds. The maximum atomic E-state index is 14.3. The third-order valence-electron chi connectivity index (χ3n) is 5.58. The third-order valence-corrected chi connectivity index (χ3v) is 6.56. The molecular formula is C26H28F2N2O2S. The van der Waals surface area contributed by atoms with Crippen LogP contribution in [0, 0.1) is 18.6 Å². The number of benzene rings is 2. The molecule has 1 heterocycles. The molecule has 1 unspecified atom stereocenters. The number of aryl methyl sites for hydroxylation is 1. The lowest BCUT2D eigenvalue weighted by atomic mass is 10.1. The number of rotatable bonds is 9. The highest BCUT2D eigenvalue weighted by molar-refractivity contribution is 7.11. The Hall–Kier alpha value is -3.06. The summed E-state index contributed by atoms with van der Waals surface area (Å²) in [4.78, 5) is 31.8. The van der Waals surface area contributed by atoms with Gasteiger partial charge < -0.3 is 9.80 Å². The quantitative estimate of drug-likeness (QED) is 0.396. The van der Waals surface area contributed by atoms with Crippen molar-refractivity contribution in [1.82, 2.24) is 9.80 Å². The Bertz CT molecular complexity index is 1100. The smallest absolute Gasteiger partial charge is 0.257 e. The number of thiophene rings is 1. The summed E-state index contributed by atoms with van der Waals surface area (Å²) in [5.74, 6) is -1.72. The van der Waals surface area contributed by atoms with Crippen molar-refractivity contribution >= 4 is 23.2 Å². The molecule has 3 rings (SSSR count). The van der Waals surface area contributed by atoms with Crippen LogP contribution < -0.4 is 0 Å². The van der Waals surface area contributed by atoms with Gasteiger partial charge in [0.1, 0.15) is 18.2 Å². The standard InChI is InChI=1S/C26H28F2N2O2S/c1-4-18(2)30(26(32)23-7-5-6-8-24(23)28)17-25(31)29(16-22-14-9-19(3)33-22)15-20-10-12-21(27)13-11-20/h5-14,18H,4,15-17H2,1-3H3. The van der Waals surface area contributed by atoms with Crippen LogP contribution in [0.5, 0.6) is 0 Å². The predicted octanol–water partition coefficient (Wildman–Crippen LogP) is 5.80. The van der Waals surface area contributed by atoms with Gasteiger partial charge in [-0.25, -0.2) is 8.78 Å². The van der Waals surface area contributed by atoms with Crippen molar-refractivity contribution < 1.29 is 18.4 Å². The number of halogens is 2. The lowest BCUT2D eigenvalue weighted by molar-refractivity contribution is -0.133. The van der Waals surface area contributed by atoms with E-state index in [1.807, 2.05) is 32.9 Å². The minimum Gasteiger partial charge on any atom is -0.332 e. The summed E-state index contributed by atoms with van der Waals surface area (Å²) >= 11 is 1.60. The Kier molecular flexibility index (Phi) is 8.33. The van der Waals surface area contributed by atoms with E-state index in [1.165, 1.54) is 35.2 Å². The van der Waals surface area contributed by atoms with Crippen molar-refractivity contribution in [1.29, 1.82) is 0 Å². The zero-order valence-corrected chi connectivity index (χ0v) is 19.9. The van der Waals surface area contributed by atoms with Crippen molar-refractivity contribution in [3.63, 3.8) is 0 Å². The van der Waals surface area contributed by atoms with Crippen LogP contribution in [0.4, 0.5) is 8.78 Å². The molecule has 33 heavy (non-hydrogen) atoms. The van der Waals surface area contributed by atoms with Gasteiger partial charge in [-0.3, -0.25) is 9.59 Å². The zero-order chi connectivity index (χ0) is 24.0. The van der Waals surface area contributed by atoms with Gasteiger partial charge in [0.05, 0.1) is 12.1 Å². The van der Waals surface area contributed by atoms with E-state index in [9.17, 15) is 18.4 Å². The summed E-state index contributed by atoms with van der Waals surface area (Å²) in [5.41, 5.74) is 0.734. The van der Waals surface area contributed by atoms with Crippen LogP contribution in [-0.4, -0.2) is 34.2 Å². The van der Waals surface area contributed by atoms with Crippen LogP contribution in [0.25, 0.3) is 0 Å². The van der Waals surface area contributed by atoms with E-state index >= 15 is 0 Å². The summed E-state index contributed by atoms with van der Waals surface area (Å²) in [7, 11) is 0. The first-order chi connectivity index (χ1) is 15.8. The predicted molar refractivity (Wildman–Crippen MR) is 127 cm³/mol. The normalized spacial score (nSPS) is 11.8. The topological polar surface area (TPSA) is 40.6 Å². The molecule has 2 aromatic carbocycles. The van der Waals surface area contributed by atoms with Gasteiger partial charge in [0.25, 0.3) is 5.91 Å². The molecule has 0 saturated carbocycles. The Morgan fingerprint density at radius 2 is 1.67 bits per heavy atom. The van der Waals surface area contributed by atoms with E-state index in [1.54, 1.807) is 34.4 Å². The van der Waals surface area contributed by atoms with Gasteiger partial charge in [-0.15, -0.1) is 11.3 Å². The summed E-state index contributed by atoms with van der Waals surface area (Å²) < 4.78 is 27.7. The molecule has 1 atom stereocenters. The zero-order valence-electron chi connectivity index (χ0n) is 19.1. The molecule has 4 nitrogen and oxygen atoms in total. The van der Waals surface area contributed by atoms with Crippen molar-refractivity contribution in [3.05, 3.63) is 93.2 Å². The summed E-state index contributed by atoms with van der Waals surface area (Å²) in [6.07, 6.45) is 0.621. The fourth-order valence-electron chi connectivity index (χ4n) is 3.48. The minimum atomic E-state index is -0.611. The summed E-state index contributed by atoms with van der Waals surface area (Å²) in [5, 5.41) is 0. The van der Waals surface area contributed by atoms with Gasteiger partial charge >= 0.3 is 0 Å². The molecule has 0 spiro atoms. The first kappa shape index (κ1) is 24.6. The molecule has 0 N–H and O–H groups in total. The molecule has 174 valence electrons. The van der Waals surface area contributed by atoms with E-state index in [4.69, 9.17) is 0 Å². The van der Waals surface area contributed by atoms with Gasteiger partial charge in [0.2, 0.25) is 5.91 Å². The van der Waals surface area contributed by atoms with E-state index in [0.717, 1.165) is 15.3 Å². The van der Waals surface area contributed by atoms with Crippen LogP contribution in [0.1, 0.15) is 45.9 Å². The van der Waals surface area contributed by atoms with Gasteiger partial charge in [-0.1, -0.05) is 31.2 Å². The fourth-order valence-corrected chi connectivity index (χ4v) is 4.39. The molecule has 0 aliphatic rings. The molecule has 7 heteroatoms. The van der Waals surface area contributed by atoms with E-state index < -0.39 is 11.7 Å². The van der Waals surface area contributed by atoms with Crippen molar-refractivity contribution in [2.45, 2.75) is 46.3 Å². The van der Waals surface area contributed by atoms with Gasteiger partial charge in [0, 0.05) is 22.3 Å². The fraction of sp³-hybridized carbons (Fsp3) is 0.308. The first-order valence-electron chi connectivity index (χ1n) is 10.9. The molecule has 0 saturated heterocycles. The minimum absolute atomic E-state index is 0.0513. The van der Waals surface area contributed by atoms with Crippen molar-refractivity contribution in [2.75, 3.05) is 6.54 Å². The molecule has 0 aliphatic carbocycles. The van der Waals surface area contributed by atoms with E-state index in [0.29, 0.717) is 13.0 Å². The second-order valence-corrected chi connectivity index (χ2v) is 9.43. The second-order valence-electron chi connectivity index (χ2n) is 8.06. The van der Waals surface area contributed by atoms with Crippen LogP contribution in [0.3, 0.4) is 0 Å². The lowest BCUT2D eigenvalue weighted by Crippen LogP contribution is -2.46. The molecule has 0 radical (unpaired) electrons. The Morgan fingerprint density at radius 3 is 2.27 bits per heavy atom. The monoisotopic (exact) mass is 470 g/mol. The Labute approximate surface area is 197 Å². The van der Waals surface area contributed by atoms with Crippen LogP contribution in [0.2, 0.25) is 0 Å². The number of hydrogen-bond acceptors (Lipinski definition) is 3. The third kappa shape index (κ3) is 6.48. The van der Waals surface area contributed by atoms with Gasteiger partial charge in [0.15, 0.2) is 0 Å². The Balaban J connectivity index is 1.85. The highest BCUT2D eigenvalue weighted by Gasteiger charge is 2.27. The van der Waals surface area contributed by atoms with E-state index in [-0.39, 0.29) is 36.4 Å². The number of carbonyl (C=O) groups is 2. The highest BCUT2D eigenvalue weighted by Crippen LogP contribution is 2.20. The molecule has 1 aromatic heterocycles. The largest absolute Gasteiger partial charge is 0.332 e. The van der Waals surface area contributed by atoms with Crippen LogP contribution >= 0.6 is 11.3 Å². The van der Waals surface area contributed by atoms with Gasteiger partial charge in [-0.05, 0) is 62.2 Å². The second kappa shape index (κ2) is 11.2. The highest BCUT2D eigenvalue weighted by atomic mass is 32.1. The Morgan fingerprint density at radius 1 is 0.970 bits per heavy atom. The van der Waals surface area contributed by atoms with Crippen molar-refractivity contribution in [2.24, 2.45) is 0 Å². The number of amides is 2. The van der Waals surface area contributed by atoms with Crippen LogP contribution in [-0.2, 0) is 17.9 Å². The molecule has 0 fully saturated rings. The SMILES string of the molecule is CCC(C)N(CC(=O)N(Cc1ccc(F)cc1)Cc1ccc(C)s1)C(=O)c1ccccc1F. The van der Waals surface area contributed by atoms with Crippen LogP contribution in [0.15, 0.2) is 60.7 Å². The van der Waals surface area contributed by atoms with Gasteiger partial charge in [-0.2, -0.15) is 0 Å². The number of hydrogen-bond donors (Lipinski definition) is 0.